The highest BCUT2D eigenvalue weighted by molar-refractivity contribution is 7.90. The van der Waals surface area contributed by atoms with E-state index < -0.39 is 33.4 Å². The first kappa shape index (κ1) is 31.5. The largest absolute Gasteiger partial charge is 0.598 e. The molecule has 0 radical (unpaired) electrons. The van der Waals surface area contributed by atoms with Crippen LogP contribution in [0.2, 0.25) is 10.0 Å². The number of hydrogen-bond donors (Lipinski definition) is 3. The molecule has 0 aliphatic carbocycles. The third kappa shape index (κ3) is 8.02. The van der Waals surface area contributed by atoms with Crippen LogP contribution in [0.25, 0.3) is 11.1 Å². The van der Waals surface area contributed by atoms with Crippen LogP contribution in [0.4, 0.5) is 0 Å². The lowest BCUT2D eigenvalue weighted by Crippen LogP contribution is -2.41. The molecule has 0 saturated carbocycles. The van der Waals surface area contributed by atoms with Gasteiger partial charge in [0.2, 0.25) is 11.3 Å². The molecule has 12 heteroatoms. The minimum atomic E-state index is -2.19. The van der Waals surface area contributed by atoms with Crippen molar-refractivity contribution in [2.45, 2.75) is 44.9 Å². The maximum absolute atomic E-state index is 13.7. The lowest BCUT2D eigenvalue weighted by molar-refractivity contribution is 0.103. The van der Waals surface area contributed by atoms with Crippen molar-refractivity contribution in [3.8, 4) is 11.1 Å². The fourth-order valence-electron chi connectivity index (χ4n) is 3.88. The summed E-state index contributed by atoms with van der Waals surface area (Å²) in [6.45, 7) is 7.50. The molecule has 3 unspecified atom stereocenters. The normalized spacial score (nSPS) is 14.2. The Bertz CT molecular complexity index is 1440. The van der Waals surface area contributed by atoms with Crippen LogP contribution in [0.1, 0.15) is 60.8 Å². The lowest BCUT2D eigenvalue weighted by atomic mass is 9.89. The second-order valence-electron chi connectivity index (χ2n) is 10.0. The zero-order chi connectivity index (χ0) is 29.1. The number of rotatable bonds is 10. The molecule has 210 valence electrons. The van der Waals surface area contributed by atoms with Crippen LogP contribution in [0.3, 0.4) is 0 Å². The number of hydrogen-bond acceptors (Lipinski definition) is 5. The topological polar surface area (TPSA) is 123 Å². The number of nitrogens with zero attached hydrogens (tertiary/aromatic N) is 1. The summed E-state index contributed by atoms with van der Waals surface area (Å²) in [5.41, 5.74) is 2.72. The van der Waals surface area contributed by atoms with Crippen molar-refractivity contribution in [1.29, 1.82) is 0 Å². The van der Waals surface area contributed by atoms with E-state index in [9.17, 15) is 18.4 Å². The molecule has 1 heterocycles. The van der Waals surface area contributed by atoms with Gasteiger partial charge < -0.3 is 9.12 Å². The summed E-state index contributed by atoms with van der Waals surface area (Å²) >= 11 is 9.00. The van der Waals surface area contributed by atoms with E-state index in [2.05, 4.69) is 9.44 Å². The number of carbonyl (C=O) groups is 1. The van der Waals surface area contributed by atoms with Gasteiger partial charge in [-0.1, -0.05) is 23.2 Å². The minimum absolute atomic E-state index is 0.162. The zero-order valence-electron chi connectivity index (χ0n) is 22.2. The first-order chi connectivity index (χ1) is 18.2. The number of ketones is 1. The summed E-state index contributed by atoms with van der Waals surface area (Å²) in [4.78, 5) is 26.4. The summed E-state index contributed by atoms with van der Waals surface area (Å²) < 4.78 is 39.4. The van der Waals surface area contributed by atoms with E-state index in [1.807, 2.05) is 20.8 Å². The van der Waals surface area contributed by atoms with Crippen molar-refractivity contribution < 1.29 is 18.1 Å². The summed E-state index contributed by atoms with van der Waals surface area (Å²) in [6, 6.07) is 10.8. The second kappa shape index (κ2) is 13.1. The van der Waals surface area contributed by atoms with Gasteiger partial charge in [-0.25, -0.2) is 8.93 Å². The van der Waals surface area contributed by atoms with Gasteiger partial charge >= 0.3 is 0 Å². The quantitative estimate of drug-likeness (QED) is 0.169. The van der Waals surface area contributed by atoms with Crippen molar-refractivity contribution in [1.82, 2.24) is 14.0 Å². The zero-order valence-corrected chi connectivity index (χ0v) is 25.4. The fourth-order valence-corrected chi connectivity index (χ4v) is 5.34. The number of aryl methyl sites for hydroxylation is 1. The molecule has 3 rings (SSSR count). The van der Waals surface area contributed by atoms with E-state index >= 15 is 0 Å². The Hall–Kier alpha value is -2.02. The summed E-state index contributed by atoms with van der Waals surface area (Å²) in [5.74, 6) is -0.302. The molecule has 0 saturated heterocycles. The predicted molar refractivity (Wildman–Crippen MR) is 159 cm³/mol. The number of nitrogens with one attached hydrogen (secondary N) is 2. The molecule has 0 bridgehead atoms. The molecule has 2 aromatic carbocycles. The minimum Gasteiger partial charge on any atom is -0.598 e. The van der Waals surface area contributed by atoms with Gasteiger partial charge in [-0.3, -0.25) is 14.1 Å². The van der Waals surface area contributed by atoms with Crippen LogP contribution in [0.5, 0.6) is 0 Å². The highest BCUT2D eigenvalue weighted by atomic mass is 35.5. The number of pyridine rings is 1. The maximum atomic E-state index is 13.7. The monoisotopic (exact) mass is 611 g/mol. The first-order valence-electron chi connectivity index (χ1n) is 12.0. The Balaban J connectivity index is 2.24. The third-order valence-corrected chi connectivity index (χ3v) is 8.75. The van der Waals surface area contributed by atoms with E-state index in [-0.39, 0.29) is 17.9 Å². The highest BCUT2D eigenvalue weighted by Crippen LogP contribution is 2.35. The number of carbonyl (C=O) groups excluding carboxylic acids is 1. The molecule has 0 aliphatic rings. The molecule has 8 nitrogen and oxygen atoms in total. The molecule has 3 atom stereocenters. The highest BCUT2D eigenvalue weighted by Gasteiger charge is 2.30. The summed E-state index contributed by atoms with van der Waals surface area (Å²) in [6.07, 6.45) is 1.94. The van der Waals surface area contributed by atoms with Gasteiger partial charge in [0.1, 0.15) is 4.75 Å². The van der Waals surface area contributed by atoms with Crippen molar-refractivity contribution in [3.63, 3.8) is 0 Å². The average molecular weight is 613 g/mol. The number of benzene rings is 2. The Morgan fingerprint density at radius 1 is 1.15 bits per heavy atom. The van der Waals surface area contributed by atoms with Crippen LogP contribution in [0, 0.1) is 0 Å². The second-order valence-corrected chi connectivity index (χ2v) is 13.7. The van der Waals surface area contributed by atoms with E-state index in [0.717, 1.165) is 0 Å². The van der Waals surface area contributed by atoms with Gasteiger partial charge in [0.05, 0.1) is 6.04 Å². The molecule has 3 aromatic rings. The number of aromatic nitrogens is 1. The van der Waals surface area contributed by atoms with Crippen molar-refractivity contribution >= 4 is 51.6 Å². The molecular formula is C27H31Cl2N3O5S2. The Morgan fingerprint density at radius 2 is 1.79 bits per heavy atom. The van der Waals surface area contributed by atoms with Gasteiger partial charge in [-0.05, 0) is 87.2 Å². The van der Waals surface area contributed by atoms with E-state index in [1.165, 1.54) is 10.6 Å². The van der Waals surface area contributed by atoms with Crippen molar-refractivity contribution in [2.75, 3.05) is 6.54 Å². The Labute approximate surface area is 243 Å². The molecule has 1 aromatic heterocycles. The van der Waals surface area contributed by atoms with Gasteiger partial charge in [0, 0.05) is 64.0 Å². The standard InChI is InChI=1S/C27H31Cl2N3O5S2/c1-16(31-38(35)27(2,3)4)20-14-25(33)32(5)15-23(20)21-12-18(10-11-30-39(36)37)24(29)13-22(21)26(34)17-6-8-19(28)9-7-17/h6-9,12-16,30-31H,10-11H2,1-5H3,(H,36,37). The molecule has 0 aliphatic heterocycles. The van der Waals surface area contributed by atoms with Crippen LogP contribution in [-0.4, -0.2) is 35.0 Å². The molecule has 0 fully saturated rings. The average Bonchev–Trinajstić information content (AvgIpc) is 2.85. The van der Waals surface area contributed by atoms with Crippen LogP contribution in [-0.2, 0) is 36.1 Å². The third-order valence-electron chi connectivity index (χ3n) is 6.01. The molecule has 39 heavy (non-hydrogen) atoms. The SMILES string of the molecule is CC(N[S+]([O-])C(C)(C)C)c1cc(=O)n(C)cc1-c1cc(CCNS(=O)O)c(Cl)cc1C(=O)c1ccc(Cl)cc1. The van der Waals surface area contributed by atoms with Crippen LogP contribution < -0.4 is 15.0 Å². The van der Waals surface area contributed by atoms with Crippen LogP contribution >= 0.6 is 23.2 Å². The summed E-state index contributed by atoms with van der Waals surface area (Å²) in [7, 11) is 1.61. The maximum Gasteiger partial charge on any atom is 0.250 e. The smallest absolute Gasteiger partial charge is 0.250 e. The number of halogens is 2. The van der Waals surface area contributed by atoms with Crippen molar-refractivity contribution in [2.24, 2.45) is 7.05 Å². The van der Waals surface area contributed by atoms with Crippen LogP contribution in [0.15, 0.2) is 53.5 Å². The van der Waals surface area contributed by atoms with E-state index in [0.29, 0.717) is 49.8 Å². The van der Waals surface area contributed by atoms with Gasteiger partial charge in [0.25, 0.3) is 5.56 Å². The molecule has 0 spiro atoms. The van der Waals surface area contributed by atoms with Gasteiger partial charge in [0.15, 0.2) is 5.78 Å². The van der Waals surface area contributed by atoms with E-state index in [1.54, 1.807) is 56.6 Å². The van der Waals surface area contributed by atoms with Crippen molar-refractivity contribution in [3.05, 3.63) is 91.3 Å². The Morgan fingerprint density at radius 3 is 2.38 bits per heavy atom. The first-order valence-corrected chi connectivity index (χ1v) is 15.1. The molecular weight excluding hydrogens is 581 g/mol. The predicted octanol–water partition coefficient (Wildman–Crippen LogP) is 4.97. The summed E-state index contributed by atoms with van der Waals surface area (Å²) in [5, 5.41) is 0.800. The van der Waals surface area contributed by atoms with Gasteiger partial charge in [-0.2, -0.15) is 0 Å². The fraction of sp³-hybridized carbons (Fsp3) is 0.333. The molecule has 0 amide bonds. The van der Waals surface area contributed by atoms with Gasteiger partial charge in [-0.15, -0.1) is 4.72 Å². The van der Waals surface area contributed by atoms with E-state index in [4.69, 9.17) is 27.8 Å². The lowest BCUT2D eigenvalue weighted by Gasteiger charge is -2.27. The Kier molecular flexibility index (Phi) is 10.6. The molecule has 3 N–H and O–H groups in total.